The molecule has 16 heavy (non-hydrogen) atoms. The van der Waals surface area contributed by atoms with Crippen molar-refractivity contribution in [1.82, 2.24) is 5.32 Å². The van der Waals surface area contributed by atoms with E-state index in [9.17, 15) is 4.79 Å². The lowest BCUT2D eigenvalue weighted by Crippen LogP contribution is -2.33. The second kappa shape index (κ2) is 10.8. The minimum Gasteiger partial charge on any atom is -0.382 e. The highest BCUT2D eigenvalue weighted by Gasteiger charge is 2.10. The van der Waals surface area contributed by atoms with Crippen LogP contribution in [0.15, 0.2) is 0 Å². The van der Waals surface area contributed by atoms with Gasteiger partial charge in [0.1, 0.15) is 0 Å². The summed E-state index contributed by atoms with van der Waals surface area (Å²) in [6.07, 6.45) is 0.0693. The highest BCUT2D eigenvalue weighted by molar-refractivity contribution is 5.76. The van der Waals surface area contributed by atoms with Gasteiger partial charge in [-0.15, -0.1) is 0 Å². The second-order valence-corrected chi connectivity index (χ2v) is 3.25. The number of amides is 1. The molecule has 0 aliphatic heterocycles. The quantitative estimate of drug-likeness (QED) is 0.480. The smallest absolute Gasteiger partial charge is 0.222 e. The van der Waals surface area contributed by atoms with Crippen LogP contribution >= 0.6 is 0 Å². The molecule has 0 aromatic rings. The lowest BCUT2D eigenvalue weighted by Gasteiger charge is -2.12. The first kappa shape index (κ1) is 15.3. The fourth-order valence-corrected chi connectivity index (χ4v) is 1.05. The SMILES string of the molecule is COCCOCCNC(=O)CC(CN)OC. The Morgan fingerprint density at radius 2 is 2.06 bits per heavy atom. The standard InChI is InChI=1S/C10H22N2O4/c1-14-5-6-16-4-3-12-10(13)7-9(8-11)15-2/h9H,3-8,11H2,1-2H3,(H,12,13). The first-order valence-electron chi connectivity index (χ1n) is 5.30. The van der Waals surface area contributed by atoms with E-state index >= 15 is 0 Å². The average Bonchev–Trinajstić information content (AvgIpc) is 2.30. The van der Waals surface area contributed by atoms with Crippen LogP contribution in [0.2, 0.25) is 0 Å². The summed E-state index contributed by atoms with van der Waals surface area (Å²) in [7, 11) is 3.15. The fraction of sp³-hybridized carbons (Fsp3) is 0.900. The Balaban J connectivity index is 3.36. The Kier molecular flexibility index (Phi) is 10.3. The number of hydrogen-bond acceptors (Lipinski definition) is 5. The molecule has 0 rings (SSSR count). The first-order valence-corrected chi connectivity index (χ1v) is 5.30. The van der Waals surface area contributed by atoms with Gasteiger partial charge in [0.15, 0.2) is 0 Å². The topological polar surface area (TPSA) is 82.8 Å². The summed E-state index contributed by atoms with van der Waals surface area (Å²) in [6, 6.07) is 0. The molecule has 0 radical (unpaired) electrons. The average molecular weight is 234 g/mol. The summed E-state index contributed by atoms with van der Waals surface area (Å²) >= 11 is 0. The van der Waals surface area contributed by atoms with E-state index in [1.165, 1.54) is 0 Å². The Morgan fingerprint density at radius 3 is 2.62 bits per heavy atom. The number of carbonyl (C=O) groups is 1. The van der Waals surface area contributed by atoms with Crippen molar-refractivity contribution in [3.63, 3.8) is 0 Å². The molecule has 3 N–H and O–H groups in total. The number of nitrogens with two attached hydrogens (primary N) is 1. The third kappa shape index (κ3) is 8.60. The number of rotatable bonds is 10. The molecule has 6 nitrogen and oxygen atoms in total. The predicted molar refractivity (Wildman–Crippen MR) is 60.2 cm³/mol. The third-order valence-electron chi connectivity index (χ3n) is 2.01. The molecule has 0 aromatic carbocycles. The van der Waals surface area contributed by atoms with Crippen LogP contribution in [0.4, 0.5) is 0 Å². The number of ether oxygens (including phenoxy) is 3. The largest absolute Gasteiger partial charge is 0.382 e. The summed E-state index contributed by atoms with van der Waals surface area (Å²) in [4.78, 5) is 11.3. The van der Waals surface area contributed by atoms with E-state index in [2.05, 4.69) is 5.32 Å². The first-order chi connectivity index (χ1) is 7.74. The molecule has 0 heterocycles. The van der Waals surface area contributed by atoms with Crippen molar-refractivity contribution in [2.45, 2.75) is 12.5 Å². The van der Waals surface area contributed by atoms with Gasteiger partial charge >= 0.3 is 0 Å². The predicted octanol–water partition coefficient (Wildman–Crippen LogP) is -0.871. The molecule has 0 saturated heterocycles. The van der Waals surface area contributed by atoms with E-state index in [4.69, 9.17) is 19.9 Å². The molecule has 0 saturated carbocycles. The van der Waals surface area contributed by atoms with Gasteiger partial charge in [0.25, 0.3) is 0 Å². The highest BCUT2D eigenvalue weighted by Crippen LogP contribution is 1.93. The van der Waals surface area contributed by atoms with E-state index in [1.54, 1.807) is 14.2 Å². The van der Waals surface area contributed by atoms with E-state index in [1.807, 2.05) is 0 Å². The lowest BCUT2D eigenvalue weighted by molar-refractivity contribution is -0.123. The van der Waals surface area contributed by atoms with E-state index < -0.39 is 0 Å². The second-order valence-electron chi connectivity index (χ2n) is 3.25. The Hall–Kier alpha value is -0.690. The van der Waals surface area contributed by atoms with Crippen LogP contribution in [-0.4, -0.2) is 59.1 Å². The molecule has 0 spiro atoms. The molecule has 1 unspecified atom stereocenters. The van der Waals surface area contributed by atoms with Crippen LogP contribution in [-0.2, 0) is 19.0 Å². The molecule has 96 valence electrons. The van der Waals surface area contributed by atoms with Crippen LogP contribution < -0.4 is 11.1 Å². The molecule has 0 fully saturated rings. The van der Waals surface area contributed by atoms with Crippen molar-refractivity contribution >= 4 is 5.91 Å². The molecule has 0 bridgehead atoms. The molecule has 0 aliphatic rings. The van der Waals surface area contributed by atoms with Crippen LogP contribution in [0.3, 0.4) is 0 Å². The number of nitrogens with one attached hydrogen (secondary N) is 1. The maximum Gasteiger partial charge on any atom is 0.222 e. The maximum atomic E-state index is 11.3. The van der Waals surface area contributed by atoms with Crippen molar-refractivity contribution in [2.24, 2.45) is 5.73 Å². The number of methoxy groups -OCH3 is 2. The number of hydrogen-bond donors (Lipinski definition) is 2. The summed E-state index contributed by atoms with van der Waals surface area (Å²) < 4.78 is 15.0. The minimum atomic E-state index is -0.214. The Labute approximate surface area is 96.4 Å². The van der Waals surface area contributed by atoms with E-state index in [0.717, 1.165) is 0 Å². The van der Waals surface area contributed by atoms with Gasteiger partial charge in [-0.2, -0.15) is 0 Å². The van der Waals surface area contributed by atoms with Crippen LogP contribution in [0.5, 0.6) is 0 Å². The molecule has 0 aromatic heterocycles. The summed E-state index contributed by atoms with van der Waals surface area (Å²) in [5, 5.41) is 2.72. The van der Waals surface area contributed by atoms with Gasteiger partial charge in [0.2, 0.25) is 5.91 Å². The van der Waals surface area contributed by atoms with Crippen molar-refractivity contribution in [3.8, 4) is 0 Å². The summed E-state index contributed by atoms with van der Waals surface area (Å²) in [5.41, 5.74) is 5.40. The van der Waals surface area contributed by atoms with Gasteiger partial charge in [-0.1, -0.05) is 0 Å². The highest BCUT2D eigenvalue weighted by atomic mass is 16.5. The van der Waals surface area contributed by atoms with E-state index in [-0.39, 0.29) is 18.4 Å². The Bertz CT molecular complexity index is 174. The molecule has 1 amide bonds. The Morgan fingerprint density at radius 1 is 1.31 bits per heavy atom. The molecule has 0 aliphatic carbocycles. The van der Waals surface area contributed by atoms with Gasteiger partial charge in [0.05, 0.1) is 32.3 Å². The van der Waals surface area contributed by atoms with Gasteiger partial charge in [0, 0.05) is 27.3 Å². The zero-order valence-electron chi connectivity index (χ0n) is 10.0. The van der Waals surface area contributed by atoms with Gasteiger partial charge in [-0.25, -0.2) is 0 Å². The molecule has 6 heteroatoms. The summed E-state index contributed by atoms with van der Waals surface area (Å²) in [5.74, 6) is -0.0763. The monoisotopic (exact) mass is 234 g/mol. The van der Waals surface area contributed by atoms with Gasteiger partial charge in [-0.3, -0.25) is 4.79 Å². The fourth-order valence-electron chi connectivity index (χ4n) is 1.05. The zero-order valence-corrected chi connectivity index (χ0v) is 10.0. The summed E-state index contributed by atoms with van der Waals surface area (Å²) in [6.45, 7) is 2.41. The van der Waals surface area contributed by atoms with E-state index in [0.29, 0.717) is 32.9 Å². The molecule has 1 atom stereocenters. The van der Waals surface area contributed by atoms with Crippen molar-refractivity contribution in [1.29, 1.82) is 0 Å². The minimum absolute atomic E-state index is 0.0763. The van der Waals surface area contributed by atoms with Crippen molar-refractivity contribution in [3.05, 3.63) is 0 Å². The van der Waals surface area contributed by atoms with Crippen molar-refractivity contribution < 1.29 is 19.0 Å². The third-order valence-corrected chi connectivity index (χ3v) is 2.01. The lowest BCUT2D eigenvalue weighted by atomic mass is 10.2. The molecular formula is C10H22N2O4. The normalized spacial score (nSPS) is 12.4. The van der Waals surface area contributed by atoms with Crippen LogP contribution in [0.1, 0.15) is 6.42 Å². The zero-order chi connectivity index (χ0) is 12.2. The molecular weight excluding hydrogens is 212 g/mol. The van der Waals surface area contributed by atoms with Crippen LogP contribution in [0.25, 0.3) is 0 Å². The van der Waals surface area contributed by atoms with Gasteiger partial charge < -0.3 is 25.3 Å². The maximum absolute atomic E-state index is 11.3. The van der Waals surface area contributed by atoms with Gasteiger partial charge in [-0.05, 0) is 0 Å². The van der Waals surface area contributed by atoms with Crippen LogP contribution in [0, 0.1) is 0 Å². The number of carbonyl (C=O) groups excluding carboxylic acids is 1. The van der Waals surface area contributed by atoms with Crippen molar-refractivity contribution in [2.75, 3.05) is 47.1 Å².